The predicted octanol–water partition coefficient (Wildman–Crippen LogP) is 2.63. The fourth-order valence-electron chi connectivity index (χ4n) is 1.37. The second-order valence-corrected chi connectivity index (χ2v) is 5.08. The molecule has 106 valence electrons. The van der Waals surface area contributed by atoms with Crippen molar-refractivity contribution in [1.82, 2.24) is 0 Å². The summed E-state index contributed by atoms with van der Waals surface area (Å²) < 4.78 is 18.7. The number of nitrogens with zero attached hydrogens (tertiary/aromatic N) is 1. The quantitative estimate of drug-likeness (QED) is 0.862. The molecule has 0 heterocycles. The molecule has 0 aliphatic heterocycles. The summed E-state index contributed by atoms with van der Waals surface area (Å²) in [6.45, 7) is 5.00. The molecule has 0 spiro atoms. The van der Waals surface area contributed by atoms with Crippen LogP contribution in [0.2, 0.25) is 0 Å². The van der Waals surface area contributed by atoms with Gasteiger partial charge in [-0.25, -0.2) is 9.18 Å². The molecule has 0 aromatic heterocycles. The van der Waals surface area contributed by atoms with Gasteiger partial charge >= 0.3 is 5.97 Å². The minimum Gasteiger partial charge on any atom is -0.456 e. The van der Waals surface area contributed by atoms with Gasteiger partial charge in [-0.1, -0.05) is 0 Å². The van der Waals surface area contributed by atoms with Crippen molar-refractivity contribution in [2.24, 2.45) is 0 Å². The van der Waals surface area contributed by atoms with Crippen LogP contribution in [0.5, 0.6) is 0 Å². The smallest absolute Gasteiger partial charge is 0.341 e. The zero-order chi connectivity index (χ0) is 15.3. The number of rotatable bonds is 3. The van der Waals surface area contributed by atoms with Crippen LogP contribution >= 0.6 is 0 Å². The van der Waals surface area contributed by atoms with Crippen LogP contribution in [0.1, 0.15) is 37.6 Å². The molecule has 1 N–H and O–H groups in total. The first-order valence-electron chi connectivity index (χ1n) is 5.92. The number of hydrogen-bond acceptors (Lipinski definition) is 4. The van der Waals surface area contributed by atoms with Crippen molar-refractivity contribution < 1.29 is 18.7 Å². The van der Waals surface area contributed by atoms with Crippen molar-refractivity contribution in [3.8, 4) is 6.07 Å². The van der Waals surface area contributed by atoms with Crippen LogP contribution in [-0.2, 0) is 9.53 Å². The van der Waals surface area contributed by atoms with Gasteiger partial charge in [0.2, 0.25) is 5.91 Å². The Hall–Kier alpha value is -2.42. The minimum atomic E-state index is -0.814. The Morgan fingerprint density at radius 2 is 2.05 bits per heavy atom. The summed E-state index contributed by atoms with van der Waals surface area (Å²) >= 11 is 0. The first-order chi connectivity index (χ1) is 9.23. The summed E-state index contributed by atoms with van der Waals surface area (Å²) in [6.07, 6.45) is -0.320. The van der Waals surface area contributed by atoms with E-state index in [1.807, 2.05) is 0 Å². The topological polar surface area (TPSA) is 79.2 Å². The van der Waals surface area contributed by atoms with E-state index in [9.17, 15) is 14.0 Å². The van der Waals surface area contributed by atoms with Gasteiger partial charge in [0.25, 0.3) is 0 Å². The van der Waals surface area contributed by atoms with E-state index in [0.29, 0.717) is 0 Å². The lowest BCUT2D eigenvalue weighted by Gasteiger charge is -2.19. The SMILES string of the molecule is CC(C)(C)OC(=O)c1cc(NC(=O)CC#N)ccc1F. The number of ether oxygens (including phenoxy) is 1. The van der Waals surface area contributed by atoms with Gasteiger partial charge < -0.3 is 10.1 Å². The summed E-state index contributed by atoms with van der Waals surface area (Å²) in [4.78, 5) is 23.1. The highest BCUT2D eigenvalue weighted by Crippen LogP contribution is 2.19. The molecule has 20 heavy (non-hydrogen) atoms. The van der Waals surface area contributed by atoms with Crippen molar-refractivity contribution in [3.63, 3.8) is 0 Å². The number of carbonyl (C=O) groups excluding carboxylic acids is 2. The second kappa shape index (κ2) is 6.15. The summed E-state index contributed by atoms with van der Waals surface area (Å²) in [7, 11) is 0. The monoisotopic (exact) mass is 278 g/mol. The molecule has 5 nitrogen and oxygen atoms in total. The van der Waals surface area contributed by atoms with Crippen molar-refractivity contribution >= 4 is 17.6 Å². The third-order valence-corrected chi connectivity index (χ3v) is 2.11. The van der Waals surface area contributed by atoms with Crippen LogP contribution in [-0.4, -0.2) is 17.5 Å². The van der Waals surface area contributed by atoms with Crippen LogP contribution in [0.4, 0.5) is 10.1 Å². The van der Waals surface area contributed by atoms with Gasteiger partial charge in [-0.3, -0.25) is 4.79 Å². The van der Waals surface area contributed by atoms with Gasteiger partial charge in [0, 0.05) is 5.69 Å². The van der Waals surface area contributed by atoms with E-state index in [1.165, 1.54) is 12.1 Å². The highest BCUT2D eigenvalue weighted by molar-refractivity contribution is 5.95. The Morgan fingerprint density at radius 1 is 1.40 bits per heavy atom. The Balaban J connectivity index is 2.95. The number of nitriles is 1. The molecular formula is C14H15FN2O3. The van der Waals surface area contributed by atoms with Crippen molar-refractivity contribution in [3.05, 3.63) is 29.6 Å². The Bertz CT molecular complexity index is 571. The van der Waals surface area contributed by atoms with Gasteiger partial charge in [0.1, 0.15) is 17.8 Å². The summed E-state index contributed by atoms with van der Waals surface area (Å²) in [5, 5.41) is 10.8. The normalized spacial score (nSPS) is 10.6. The molecule has 0 fully saturated rings. The Labute approximate surface area is 116 Å². The third-order valence-electron chi connectivity index (χ3n) is 2.11. The first-order valence-corrected chi connectivity index (χ1v) is 5.92. The number of hydrogen-bond donors (Lipinski definition) is 1. The van der Waals surface area contributed by atoms with Crippen molar-refractivity contribution in [1.29, 1.82) is 5.26 Å². The first kappa shape index (κ1) is 15.6. The zero-order valence-electron chi connectivity index (χ0n) is 11.5. The van der Waals surface area contributed by atoms with Crippen LogP contribution < -0.4 is 5.32 Å². The van der Waals surface area contributed by atoms with Gasteiger partial charge in [0.05, 0.1) is 11.6 Å². The molecule has 0 bridgehead atoms. The largest absolute Gasteiger partial charge is 0.456 e. The van der Waals surface area contributed by atoms with E-state index >= 15 is 0 Å². The average molecular weight is 278 g/mol. The van der Waals surface area contributed by atoms with Gasteiger partial charge in [-0.2, -0.15) is 5.26 Å². The van der Waals surface area contributed by atoms with Crippen LogP contribution in [0.3, 0.4) is 0 Å². The molecule has 0 saturated heterocycles. The van der Waals surface area contributed by atoms with Gasteiger partial charge in [0.15, 0.2) is 0 Å². The molecule has 1 rings (SSSR count). The Kier molecular flexibility index (Phi) is 4.81. The standard InChI is InChI=1S/C14H15FN2O3/c1-14(2,3)20-13(19)10-8-9(4-5-11(10)15)17-12(18)6-7-16/h4-5,8H,6H2,1-3H3,(H,17,18). The van der Waals surface area contributed by atoms with E-state index in [4.69, 9.17) is 10.00 Å². The molecule has 0 aliphatic rings. The summed E-state index contributed by atoms with van der Waals surface area (Å²) in [6, 6.07) is 5.23. The zero-order valence-corrected chi connectivity index (χ0v) is 11.5. The predicted molar refractivity (Wildman–Crippen MR) is 70.4 cm³/mol. The number of esters is 1. The maximum absolute atomic E-state index is 13.6. The molecule has 1 aromatic rings. The maximum atomic E-state index is 13.6. The molecule has 0 saturated carbocycles. The highest BCUT2D eigenvalue weighted by Gasteiger charge is 2.21. The van der Waals surface area contributed by atoms with Crippen LogP contribution in [0.25, 0.3) is 0 Å². The number of carbonyl (C=O) groups is 2. The number of nitrogens with one attached hydrogen (secondary N) is 1. The molecule has 0 atom stereocenters. The molecule has 1 aromatic carbocycles. The lowest BCUT2D eigenvalue weighted by Crippen LogP contribution is -2.24. The third kappa shape index (κ3) is 4.69. The van der Waals surface area contributed by atoms with Gasteiger partial charge in [-0.15, -0.1) is 0 Å². The fraction of sp³-hybridized carbons (Fsp3) is 0.357. The number of anilines is 1. The van der Waals surface area contributed by atoms with Crippen LogP contribution in [0.15, 0.2) is 18.2 Å². The second-order valence-electron chi connectivity index (χ2n) is 5.08. The van der Waals surface area contributed by atoms with E-state index in [1.54, 1.807) is 26.8 Å². The van der Waals surface area contributed by atoms with E-state index < -0.39 is 23.3 Å². The lowest BCUT2D eigenvalue weighted by molar-refractivity contribution is -0.115. The molecule has 0 unspecified atom stereocenters. The number of benzene rings is 1. The fourth-order valence-corrected chi connectivity index (χ4v) is 1.37. The summed E-state index contributed by atoms with van der Waals surface area (Å²) in [5.74, 6) is -2.09. The molecule has 1 amide bonds. The van der Waals surface area contributed by atoms with Crippen LogP contribution in [0, 0.1) is 17.1 Å². The lowest BCUT2D eigenvalue weighted by atomic mass is 10.1. The molecule has 6 heteroatoms. The minimum absolute atomic E-state index is 0.229. The summed E-state index contributed by atoms with van der Waals surface area (Å²) in [5.41, 5.74) is -0.786. The van der Waals surface area contributed by atoms with Gasteiger partial charge in [-0.05, 0) is 39.0 Å². The Morgan fingerprint density at radius 3 is 2.60 bits per heavy atom. The highest BCUT2D eigenvalue weighted by atomic mass is 19.1. The number of halogens is 1. The molecule has 0 aliphatic carbocycles. The van der Waals surface area contributed by atoms with Crippen molar-refractivity contribution in [2.45, 2.75) is 32.8 Å². The maximum Gasteiger partial charge on any atom is 0.341 e. The van der Waals surface area contributed by atoms with E-state index in [0.717, 1.165) is 6.07 Å². The average Bonchev–Trinajstić information content (AvgIpc) is 2.29. The van der Waals surface area contributed by atoms with E-state index in [2.05, 4.69) is 5.32 Å². The van der Waals surface area contributed by atoms with Crippen molar-refractivity contribution in [2.75, 3.05) is 5.32 Å². The molecule has 0 radical (unpaired) electrons. The van der Waals surface area contributed by atoms with E-state index in [-0.39, 0.29) is 17.7 Å². The number of amides is 1. The molecular weight excluding hydrogens is 263 g/mol.